The highest BCUT2D eigenvalue weighted by Gasteiger charge is 2.46. The van der Waals surface area contributed by atoms with E-state index in [0.717, 1.165) is 0 Å². The molecule has 1 aliphatic rings. The van der Waals surface area contributed by atoms with Crippen molar-refractivity contribution in [3.8, 4) is 5.75 Å². The molecule has 1 N–H and O–H groups in total. The molecule has 1 unspecified atom stereocenters. The number of hydrogen-bond acceptors (Lipinski definition) is 5. The average Bonchev–Trinajstić information content (AvgIpc) is 3.01. The zero-order valence-corrected chi connectivity index (χ0v) is 17.8. The number of likely N-dealkylation sites (tertiary alicyclic amines) is 1. The van der Waals surface area contributed by atoms with Gasteiger partial charge in [0.1, 0.15) is 17.3 Å². The van der Waals surface area contributed by atoms with Crippen molar-refractivity contribution in [3.05, 3.63) is 71.0 Å². The van der Waals surface area contributed by atoms with Crippen LogP contribution in [0.4, 0.5) is 4.39 Å². The molecule has 0 spiro atoms. The molecule has 1 aliphatic heterocycles. The van der Waals surface area contributed by atoms with Crippen LogP contribution >= 0.6 is 0 Å². The summed E-state index contributed by atoms with van der Waals surface area (Å²) in [4.78, 5) is 26.8. The Bertz CT molecular complexity index is 984. The predicted molar refractivity (Wildman–Crippen MR) is 114 cm³/mol. The standard InChI is InChI=1S/C24H26FNO5/c1-15(2)14-31-17-10-8-16(9-11-17)22(27)20-21(18-6-4-5-7-19(18)25)26(12-13-30-3)24(29)23(20)28/h4-11,15,21,27H,12-14H2,1-3H3/b22-20-. The van der Waals surface area contributed by atoms with Crippen molar-refractivity contribution in [1.82, 2.24) is 4.90 Å². The van der Waals surface area contributed by atoms with E-state index in [1.807, 2.05) is 13.8 Å². The molecule has 0 aromatic heterocycles. The molecule has 3 rings (SSSR count). The van der Waals surface area contributed by atoms with Gasteiger partial charge in [-0.1, -0.05) is 32.0 Å². The fraction of sp³-hybridized carbons (Fsp3) is 0.333. The van der Waals surface area contributed by atoms with Crippen molar-refractivity contribution < 1.29 is 28.6 Å². The number of rotatable bonds is 8. The van der Waals surface area contributed by atoms with Crippen LogP contribution in [0.5, 0.6) is 5.75 Å². The summed E-state index contributed by atoms with van der Waals surface area (Å²) in [7, 11) is 1.47. The number of Topliss-reactive ketones (excluding diaryl/α,β-unsaturated/α-hetero) is 1. The maximum Gasteiger partial charge on any atom is 0.295 e. The Hall–Kier alpha value is -3.19. The minimum atomic E-state index is -1.05. The van der Waals surface area contributed by atoms with E-state index in [0.29, 0.717) is 23.8 Å². The average molecular weight is 427 g/mol. The van der Waals surface area contributed by atoms with E-state index in [1.165, 1.54) is 30.2 Å². The summed E-state index contributed by atoms with van der Waals surface area (Å²) in [5.74, 6) is -1.61. The van der Waals surface area contributed by atoms with Gasteiger partial charge in [0, 0.05) is 24.8 Å². The first-order valence-corrected chi connectivity index (χ1v) is 10.1. The van der Waals surface area contributed by atoms with Crippen molar-refractivity contribution in [2.75, 3.05) is 26.9 Å². The molecule has 31 heavy (non-hydrogen) atoms. The Kier molecular flexibility index (Phi) is 7.07. The highest BCUT2D eigenvalue weighted by Crippen LogP contribution is 2.40. The van der Waals surface area contributed by atoms with Crippen molar-refractivity contribution in [2.24, 2.45) is 5.92 Å². The van der Waals surface area contributed by atoms with E-state index in [9.17, 15) is 19.1 Å². The van der Waals surface area contributed by atoms with Crippen LogP contribution in [0.3, 0.4) is 0 Å². The number of aliphatic hydroxyl groups is 1. The van der Waals surface area contributed by atoms with Crippen LogP contribution in [-0.4, -0.2) is 48.6 Å². The second kappa shape index (κ2) is 9.75. The summed E-state index contributed by atoms with van der Waals surface area (Å²) in [5.41, 5.74) is 0.321. The minimum Gasteiger partial charge on any atom is -0.507 e. The third-order valence-corrected chi connectivity index (χ3v) is 4.99. The van der Waals surface area contributed by atoms with E-state index >= 15 is 0 Å². The SMILES string of the molecule is COCCN1C(=O)C(=O)/C(=C(\O)c2ccc(OCC(C)C)cc2)C1c1ccccc1F. The highest BCUT2D eigenvalue weighted by molar-refractivity contribution is 6.46. The first-order chi connectivity index (χ1) is 14.8. The normalized spacial score (nSPS) is 18.1. The van der Waals surface area contributed by atoms with E-state index in [2.05, 4.69) is 0 Å². The molecular weight excluding hydrogens is 401 g/mol. The van der Waals surface area contributed by atoms with E-state index in [1.54, 1.807) is 30.3 Å². The van der Waals surface area contributed by atoms with Crippen LogP contribution in [0.2, 0.25) is 0 Å². The molecule has 2 aromatic carbocycles. The van der Waals surface area contributed by atoms with Gasteiger partial charge in [-0.3, -0.25) is 9.59 Å². The zero-order valence-electron chi connectivity index (χ0n) is 17.8. The number of hydrogen-bond donors (Lipinski definition) is 1. The van der Waals surface area contributed by atoms with E-state index in [4.69, 9.17) is 9.47 Å². The molecule has 1 heterocycles. The molecule has 0 radical (unpaired) electrons. The van der Waals surface area contributed by atoms with Gasteiger partial charge in [-0.05, 0) is 36.2 Å². The van der Waals surface area contributed by atoms with Crippen LogP contribution in [0.25, 0.3) is 5.76 Å². The van der Waals surface area contributed by atoms with Gasteiger partial charge in [0.25, 0.3) is 11.7 Å². The van der Waals surface area contributed by atoms with E-state index < -0.39 is 23.5 Å². The summed E-state index contributed by atoms with van der Waals surface area (Å²) >= 11 is 0. The summed E-state index contributed by atoms with van der Waals surface area (Å²) in [6.45, 7) is 4.86. The monoisotopic (exact) mass is 427 g/mol. The number of ketones is 1. The Labute approximate surface area is 180 Å². The third kappa shape index (κ3) is 4.77. The highest BCUT2D eigenvalue weighted by atomic mass is 19.1. The number of methoxy groups -OCH3 is 1. The van der Waals surface area contributed by atoms with Gasteiger partial charge in [-0.15, -0.1) is 0 Å². The fourth-order valence-electron chi connectivity index (χ4n) is 3.45. The Morgan fingerprint density at radius 1 is 1.13 bits per heavy atom. The minimum absolute atomic E-state index is 0.0822. The van der Waals surface area contributed by atoms with Crippen molar-refractivity contribution >= 4 is 17.4 Å². The van der Waals surface area contributed by atoms with Gasteiger partial charge in [0.05, 0.1) is 24.8 Å². The molecule has 0 saturated carbocycles. The van der Waals surface area contributed by atoms with Gasteiger partial charge in [-0.2, -0.15) is 0 Å². The molecule has 1 fully saturated rings. The number of amides is 1. The van der Waals surface area contributed by atoms with Crippen molar-refractivity contribution in [2.45, 2.75) is 19.9 Å². The van der Waals surface area contributed by atoms with E-state index in [-0.39, 0.29) is 30.0 Å². The van der Waals surface area contributed by atoms with Crippen molar-refractivity contribution in [3.63, 3.8) is 0 Å². The number of benzene rings is 2. The maximum absolute atomic E-state index is 14.6. The predicted octanol–water partition coefficient (Wildman–Crippen LogP) is 3.93. The largest absolute Gasteiger partial charge is 0.507 e. The maximum atomic E-state index is 14.6. The molecule has 1 atom stereocenters. The van der Waals surface area contributed by atoms with Crippen molar-refractivity contribution in [1.29, 1.82) is 0 Å². The third-order valence-electron chi connectivity index (χ3n) is 4.99. The number of ether oxygens (including phenoxy) is 2. The molecule has 0 bridgehead atoms. The number of halogens is 1. The lowest BCUT2D eigenvalue weighted by Crippen LogP contribution is -2.33. The number of carbonyl (C=O) groups excluding carboxylic acids is 2. The molecule has 6 nitrogen and oxygen atoms in total. The lowest BCUT2D eigenvalue weighted by atomic mass is 9.95. The molecule has 7 heteroatoms. The molecule has 164 valence electrons. The summed E-state index contributed by atoms with van der Waals surface area (Å²) in [5, 5.41) is 11.0. The van der Waals surface area contributed by atoms with Gasteiger partial charge in [-0.25, -0.2) is 4.39 Å². The van der Waals surface area contributed by atoms with Gasteiger partial charge in [0.15, 0.2) is 0 Å². The first-order valence-electron chi connectivity index (χ1n) is 10.1. The van der Waals surface area contributed by atoms with Crippen LogP contribution in [0.1, 0.15) is 31.0 Å². The van der Waals surface area contributed by atoms with Crippen LogP contribution < -0.4 is 4.74 Å². The molecule has 2 aromatic rings. The molecule has 0 aliphatic carbocycles. The van der Waals surface area contributed by atoms with Gasteiger partial charge < -0.3 is 19.5 Å². The summed E-state index contributed by atoms with van der Waals surface area (Å²) in [6, 6.07) is 11.4. The fourth-order valence-corrected chi connectivity index (χ4v) is 3.45. The number of aliphatic hydroxyl groups excluding tert-OH is 1. The topological polar surface area (TPSA) is 76.1 Å². The quantitative estimate of drug-likeness (QED) is 0.393. The summed E-state index contributed by atoms with van der Waals surface area (Å²) < 4.78 is 25.3. The Morgan fingerprint density at radius 3 is 2.42 bits per heavy atom. The number of carbonyl (C=O) groups is 2. The lowest BCUT2D eigenvalue weighted by Gasteiger charge is -2.25. The zero-order chi connectivity index (χ0) is 22.5. The number of nitrogens with zero attached hydrogens (tertiary/aromatic N) is 1. The van der Waals surface area contributed by atoms with Crippen LogP contribution in [0, 0.1) is 11.7 Å². The van der Waals surface area contributed by atoms with Crippen LogP contribution in [0.15, 0.2) is 54.1 Å². The Morgan fingerprint density at radius 2 is 1.81 bits per heavy atom. The second-order valence-electron chi connectivity index (χ2n) is 7.74. The van der Waals surface area contributed by atoms with Crippen LogP contribution in [-0.2, 0) is 14.3 Å². The van der Waals surface area contributed by atoms with Gasteiger partial charge >= 0.3 is 0 Å². The Balaban J connectivity index is 2.04. The molecule has 1 saturated heterocycles. The van der Waals surface area contributed by atoms with Gasteiger partial charge in [0.2, 0.25) is 0 Å². The summed E-state index contributed by atoms with van der Waals surface area (Å²) in [6.07, 6.45) is 0. The second-order valence-corrected chi connectivity index (χ2v) is 7.74. The first kappa shape index (κ1) is 22.5. The molecular formula is C24H26FNO5. The lowest BCUT2D eigenvalue weighted by molar-refractivity contribution is -0.140. The molecule has 1 amide bonds. The smallest absolute Gasteiger partial charge is 0.295 e.